The molecule has 4 nitrogen and oxygen atoms in total. The Hall–Kier alpha value is -1.32. The zero-order valence-corrected chi connectivity index (χ0v) is 9.78. The van der Waals surface area contributed by atoms with Gasteiger partial charge in [0, 0.05) is 31.6 Å². The van der Waals surface area contributed by atoms with Gasteiger partial charge in [0.15, 0.2) is 0 Å². The van der Waals surface area contributed by atoms with E-state index >= 15 is 0 Å². The zero-order valence-electron chi connectivity index (χ0n) is 9.78. The Labute approximate surface area is 96.1 Å². The lowest BCUT2D eigenvalue weighted by Gasteiger charge is -2.20. The molecule has 0 spiro atoms. The molecule has 1 N–H and O–H groups in total. The van der Waals surface area contributed by atoms with E-state index in [1.165, 1.54) is 0 Å². The molecule has 0 aliphatic carbocycles. The fourth-order valence-electron chi connectivity index (χ4n) is 2.17. The first-order valence-corrected chi connectivity index (χ1v) is 6.08. The fraction of sp³-hybridized carbons (Fsp3) is 0.667. The maximum Gasteiger partial charge on any atom is 0.223 e. The topological polar surface area (TPSA) is 46.9 Å². The van der Waals surface area contributed by atoms with E-state index in [4.69, 9.17) is 0 Å². The lowest BCUT2D eigenvalue weighted by Crippen LogP contribution is -2.37. The first-order chi connectivity index (χ1) is 7.79. The van der Waals surface area contributed by atoms with E-state index < -0.39 is 0 Å². The SMILES string of the molecule is CCCn1cnc(CC2CCCNC2=O)c1. The summed E-state index contributed by atoms with van der Waals surface area (Å²) in [5.74, 6) is 0.315. The number of carbonyl (C=O) groups is 1. The smallest absolute Gasteiger partial charge is 0.223 e. The van der Waals surface area contributed by atoms with Gasteiger partial charge in [0.1, 0.15) is 0 Å². The Morgan fingerprint density at radius 1 is 1.62 bits per heavy atom. The number of aromatic nitrogens is 2. The lowest BCUT2D eigenvalue weighted by atomic mass is 9.94. The van der Waals surface area contributed by atoms with Crippen LogP contribution in [0.15, 0.2) is 12.5 Å². The third-order valence-corrected chi connectivity index (χ3v) is 3.02. The first kappa shape index (κ1) is 11.2. The van der Waals surface area contributed by atoms with Gasteiger partial charge in [0.05, 0.1) is 12.0 Å². The fourth-order valence-corrected chi connectivity index (χ4v) is 2.17. The van der Waals surface area contributed by atoms with Crippen LogP contribution in [-0.4, -0.2) is 22.0 Å². The quantitative estimate of drug-likeness (QED) is 0.834. The molecule has 2 rings (SSSR count). The third-order valence-electron chi connectivity index (χ3n) is 3.02. The highest BCUT2D eigenvalue weighted by molar-refractivity contribution is 5.79. The molecule has 1 aliphatic rings. The maximum atomic E-state index is 11.6. The summed E-state index contributed by atoms with van der Waals surface area (Å²) in [4.78, 5) is 15.9. The Morgan fingerprint density at radius 2 is 2.50 bits per heavy atom. The van der Waals surface area contributed by atoms with Gasteiger partial charge in [0.2, 0.25) is 5.91 Å². The van der Waals surface area contributed by atoms with Gasteiger partial charge in [-0.3, -0.25) is 4.79 Å². The normalized spacial score (nSPS) is 20.8. The molecule has 1 fully saturated rings. The van der Waals surface area contributed by atoms with Gasteiger partial charge < -0.3 is 9.88 Å². The van der Waals surface area contributed by atoms with Crippen molar-refractivity contribution in [3.63, 3.8) is 0 Å². The second kappa shape index (κ2) is 5.14. The minimum Gasteiger partial charge on any atom is -0.356 e. The summed E-state index contributed by atoms with van der Waals surface area (Å²) in [5.41, 5.74) is 1.04. The van der Waals surface area contributed by atoms with Crippen molar-refractivity contribution in [1.29, 1.82) is 0 Å². The predicted octanol–water partition coefficient (Wildman–Crippen LogP) is 1.36. The van der Waals surface area contributed by atoms with E-state index in [9.17, 15) is 4.79 Å². The highest BCUT2D eigenvalue weighted by Gasteiger charge is 2.22. The molecule has 1 aromatic heterocycles. The molecular weight excluding hydrogens is 202 g/mol. The van der Waals surface area contributed by atoms with Crippen LogP contribution in [-0.2, 0) is 17.8 Å². The molecule has 1 saturated heterocycles. The standard InChI is InChI=1S/C12H19N3O/c1-2-6-15-8-11(14-9-15)7-10-4-3-5-13-12(10)16/h8-10H,2-7H2,1H3,(H,13,16). The van der Waals surface area contributed by atoms with Crippen molar-refractivity contribution in [2.75, 3.05) is 6.54 Å². The summed E-state index contributed by atoms with van der Waals surface area (Å²) in [6.45, 7) is 3.98. The summed E-state index contributed by atoms with van der Waals surface area (Å²) in [5, 5.41) is 2.91. The van der Waals surface area contributed by atoms with E-state index in [0.717, 1.165) is 44.5 Å². The van der Waals surface area contributed by atoms with E-state index in [2.05, 4.69) is 28.0 Å². The van der Waals surface area contributed by atoms with Crippen molar-refractivity contribution in [3.8, 4) is 0 Å². The van der Waals surface area contributed by atoms with Crippen molar-refractivity contribution in [1.82, 2.24) is 14.9 Å². The Bertz CT molecular complexity index is 359. The largest absolute Gasteiger partial charge is 0.356 e. The maximum absolute atomic E-state index is 11.6. The number of imidazole rings is 1. The molecule has 1 aliphatic heterocycles. The third kappa shape index (κ3) is 2.62. The monoisotopic (exact) mass is 221 g/mol. The number of hydrogen-bond donors (Lipinski definition) is 1. The van der Waals surface area contributed by atoms with Crippen molar-refractivity contribution >= 4 is 5.91 Å². The Balaban J connectivity index is 1.94. The van der Waals surface area contributed by atoms with Crippen LogP contribution in [0.2, 0.25) is 0 Å². The second-order valence-corrected chi connectivity index (χ2v) is 4.44. The van der Waals surface area contributed by atoms with Crippen LogP contribution in [0.3, 0.4) is 0 Å². The van der Waals surface area contributed by atoms with Crippen LogP contribution in [0.5, 0.6) is 0 Å². The second-order valence-electron chi connectivity index (χ2n) is 4.44. The minimum atomic E-state index is 0.124. The molecule has 1 aromatic rings. The number of amides is 1. The molecule has 0 bridgehead atoms. The number of aryl methyl sites for hydroxylation is 1. The van der Waals surface area contributed by atoms with Crippen LogP contribution in [0.4, 0.5) is 0 Å². The van der Waals surface area contributed by atoms with Crippen LogP contribution < -0.4 is 5.32 Å². The number of carbonyl (C=O) groups excluding carboxylic acids is 1. The number of rotatable bonds is 4. The van der Waals surface area contributed by atoms with Crippen LogP contribution >= 0.6 is 0 Å². The molecule has 16 heavy (non-hydrogen) atoms. The zero-order chi connectivity index (χ0) is 11.4. The molecule has 0 aromatic carbocycles. The minimum absolute atomic E-state index is 0.124. The van der Waals surface area contributed by atoms with Crippen molar-refractivity contribution in [3.05, 3.63) is 18.2 Å². The lowest BCUT2D eigenvalue weighted by molar-refractivity contribution is -0.126. The van der Waals surface area contributed by atoms with Gasteiger partial charge in [-0.25, -0.2) is 4.98 Å². The molecule has 88 valence electrons. The average Bonchev–Trinajstić information content (AvgIpc) is 2.70. The van der Waals surface area contributed by atoms with E-state index in [1.807, 2.05) is 6.33 Å². The van der Waals surface area contributed by atoms with Gasteiger partial charge in [-0.05, 0) is 19.3 Å². The predicted molar refractivity (Wildman–Crippen MR) is 62.0 cm³/mol. The number of hydrogen-bond acceptors (Lipinski definition) is 2. The summed E-state index contributed by atoms with van der Waals surface area (Å²) < 4.78 is 2.09. The highest BCUT2D eigenvalue weighted by atomic mass is 16.1. The molecule has 1 unspecified atom stereocenters. The number of nitrogens with zero attached hydrogens (tertiary/aromatic N) is 2. The van der Waals surface area contributed by atoms with Crippen LogP contribution in [0.25, 0.3) is 0 Å². The Kier molecular flexibility index (Phi) is 3.59. The first-order valence-electron chi connectivity index (χ1n) is 6.08. The molecule has 1 amide bonds. The van der Waals surface area contributed by atoms with Gasteiger partial charge in [-0.2, -0.15) is 0 Å². The van der Waals surface area contributed by atoms with E-state index in [0.29, 0.717) is 0 Å². The van der Waals surface area contributed by atoms with Crippen LogP contribution in [0, 0.1) is 5.92 Å². The molecule has 0 saturated carbocycles. The summed E-state index contributed by atoms with van der Waals surface area (Å²) in [6.07, 6.45) is 7.89. The van der Waals surface area contributed by atoms with Gasteiger partial charge >= 0.3 is 0 Å². The van der Waals surface area contributed by atoms with E-state index in [-0.39, 0.29) is 11.8 Å². The molecule has 2 heterocycles. The van der Waals surface area contributed by atoms with Crippen molar-refractivity contribution < 1.29 is 4.79 Å². The summed E-state index contributed by atoms with van der Waals surface area (Å²) in [6, 6.07) is 0. The van der Waals surface area contributed by atoms with E-state index in [1.54, 1.807) is 0 Å². The van der Waals surface area contributed by atoms with Gasteiger partial charge in [-0.1, -0.05) is 6.92 Å². The Morgan fingerprint density at radius 3 is 3.25 bits per heavy atom. The van der Waals surface area contributed by atoms with Crippen molar-refractivity contribution in [2.24, 2.45) is 5.92 Å². The average molecular weight is 221 g/mol. The number of nitrogens with one attached hydrogen (secondary N) is 1. The van der Waals surface area contributed by atoms with Gasteiger partial charge in [0.25, 0.3) is 0 Å². The van der Waals surface area contributed by atoms with Crippen LogP contribution in [0.1, 0.15) is 31.9 Å². The molecular formula is C12H19N3O. The number of piperidine rings is 1. The summed E-state index contributed by atoms with van der Waals surface area (Å²) in [7, 11) is 0. The molecule has 4 heteroatoms. The molecule has 1 atom stereocenters. The highest BCUT2D eigenvalue weighted by Crippen LogP contribution is 2.16. The molecule has 0 radical (unpaired) electrons. The van der Waals surface area contributed by atoms with Crippen molar-refractivity contribution in [2.45, 2.75) is 39.2 Å². The van der Waals surface area contributed by atoms with Gasteiger partial charge in [-0.15, -0.1) is 0 Å². The summed E-state index contributed by atoms with van der Waals surface area (Å²) >= 11 is 0.